The van der Waals surface area contributed by atoms with Gasteiger partial charge in [0.15, 0.2) is 0 Å². The van der Waals surface area contributed by atoms with E-state index >= 15 is 0 Å². The van der Waals surface area contributed by atoms with Gasteiger partial charge in [-0.3, -0.25) is 0 Å². The average molecular weight is 166 g/mol. The zero-order valence-electron chi connectivity index (χ0n) is 8.48. The second kappa shape index (κ2) is 3.79. The highest BCUT2D eigenvalue weighted by Crippen LogP contribution is 2.29. The molecule has 0 fully saturated rings. The number of hydrogen-bond donors (Lipinski definition) is 0. The Morgan fingerprint density at radius 2 is 2.08 bits per heavy atom. The highest BCUT2D eigenvalue weighted by Gasteiger charge is 2.15. The van der Waals surface area contributed by atoms with E-state index in [9.17, 15) is 0 Å². The third-order valence-corrected chi connectivity index (χ3v) is 2.42. The number of ether oxygens (including phenoxy) is 1. The van der Waals surface area contributed by atoms with Crippen molar-refractivity contribution in [3.05, 3.63) is 23.0 Å². The van der Waals surface area contributed by atoms with Crippen LogP contribution in [0.25, 0.3) is 0 Å². The molecule has 0 aromatic rings. The van der Waals surface area contributed by atoms with Crippen molar-refractivity contribution in [3.8, 4) is 0 Å². The van der Waals surface area contributed by atoms with E-state index in [4.69, 9.17) is 4.74 Å². The molecule has 0 unspecified atom stereocenters. The fourth-order valence-corrected chi connectivity index (χ4v) is 1.75. The summed E-state index contributed by atoms with van der Waals surface area (Å²) >= 11 is 0. The molecule has 0 amide bonds. The van der Waals surface area contributed by atoms with Crippen LogP contribution in [0.2, 0.25) is 0 Å². The van der Waals surface area contributed by atoms with Crippen molar-refractivity contribution in [2.45, 2.75) is 33.6 Å². The predicted octanol–water partition coefficient (Wildman–Crippen LogP) is 3.28. The first kappa shape index (κ1) is 9.37. The van der Waals surface area contributed by atoms with E-state index in [1.54, 1.807) is 7.11 Å². The van der Waals surface area contributed by atoms with Gasteiger partial charge < -0.3 is 4.74 Å². The van der Waals surface area contributed by atoms with Crippen LogP contribution in [-0.2, 0) is 4.74 Å². The lowest BCUT2D eigenvalue weighted by molar-refractivity contribution is 0.287. The minimum absolute atomic E-state index is 0.614. The third kappa shape index (κ3) is 1.71. The van der Waals surface area contributed by atoms with Crippen molar-refractivity contribution in [2.75, 3.05) is 7.11 Å². The monoisotopic (exact) mass is 166 g/mol. The van der Waals surface area contributed by atoms with Gasteiger partial charge in [-0.15, -0.1) is 0 Å². The molecule has 1 aliphatic rings. The van der Waals surface area contributed by atoms with E-state index in [-0.39, 0.29) is 0 Å². The molecule has 68 valence electrons. The molecule has 1 rings (SSSR count). The topological polar surface area (TPSA) is 9.23 Å². The minimum Gasteiger partial charge on any atom is -0.497 e. The van der Waals surface area contributed by atoms with Gasteiger partial charge in [0.25, 0.3) is 0 Å². The maximum Gasteiger partial charge on any atom is 0.120 e. The van der Waals surface area contributed by atoms with Gasteiger partial charge >= 0.3 is 0 Å². The number of hydrogen-bond acceptors (Lipinski definition) is 1. The van der Waals surface area contributed by atoms with E-state index in [1.165, 1.54) is 17.6 Å². The SMILES string of the molecule is COC1=C(C(C)C)CCC=C1C. The molecule has 0 saturated heterocycles. The molecular weight excluding hydrogens is 148 g/mol. The van der Waals surface area contributed by atoms with E-state index in [1.807, 2.05) is 0 Å². The smallest absolute Gasteiger partial charge is 0.120 e. The summed E-state index contributed by atoms with van der Waals surface area (Å²) in [6, 6.07) is 0. The molecule has 1 heteroatoms. The molecule has 0 aromatic heterocycles. The lowest BCUT2D eigenvalue weighted by atomic mass is 9.90. The Morgan fingerprint density at radius 3 is 2.50 bits per heavy atom. The van der Waals surface area contributed by atoms with Gasteiger partial charge in [-0.05, 0) is 36.8 Å². The van der Waals surface area contributed by atoms with Gasteiger partial charge in [0.2, 0.25) is 0 Å². The normalized spacial score (nSPS) is 18.2. The standard InChI is InChI=1S/C11H18O/c1-8(2)10-7-5-6-9(3)11(10)12-4/h6,8H,5,7H2,1-4H3. The molecule has 12 heavy (non-hydrogen) atoms. The lowest BCUT2D eigenvalue weighted by Gasteiger charge is -2.21. The summed E-state index contributed by atoms with van der Waals surface area (Å²) < 4.78 is 5.39. The first-order valence-electron chi connectivity index (χ1n) is 4.61. The van der Waals surface area contributed by atoms with Crippen molar-refractivity contribution in [1.82, 2.24) is 0 Å². The van der Waals surface area contributed by atoms with Gasteiger partial charge in [-0.25, -0.2) is 0 Å². The van der Waals surface area contributed by atoms with Crippen LogP contribution in [0, 0.1) is 5.92 Å². The summed E-state index contributed by atoms with van der Waals surface area (Å²) in [5, 5.41) is 0. The van der Waals surface area contributed by atoms with Gasteiger partial charge in [-0.1, -0.05) is 19.9 Å². The summed E-state index contributed by atoms with van der Waals surface area (Å²) in [6.07, 6.45) is 4.59. The van der Waals surface area contributed by atoms with Crippen LogP contribution < -0.4 is 0 Å². The van der Waals surface area contributed by atoms with Crippen LogP contribution in [0.4, 0.5) is 0 Å². The third-order valence-electron chi connectivity index (χ3n) is 2.42. The van der Waals surface area contributed by atoms with Crippen LogP contribution in [0.5, 0.6) is 0 Å². The van der Waals surface area contributed by atoms with Crippen molar-refractivity contribution in [3.63, 3.8) is 0 Å². The second-order valence-corrected chi connectivity index (χ2v) is 3.64. The van der Waals surface area contributed by atoms with Gasteiger partial charge in [0.1, 0.15) is 5.76 Å². The first-order valence-corrected chi connectivity index (χ1v) is 4.61. The quantitative estimate of drug-likeness (QED) is 0.611. The highest BCUT2D eigenvalue weighted by molar-refractivity contribution is 5.33. The van der Waals surface area contributed by atoms with Crippen LogP contribution in [0.1, 0.15) is 33.6 Å². The van der Waals surface area contributed by atoms with Crippen LogP contribution in [-0.4, -0.2) is 7.11 Å². The van der Waals surface area contributed by atoms with E-state index in [2.05, 4.69) is 26.8 Å². The van der Waals surface area contributed by atoms with Crippen molar-refractivity contribution in [2.24, 2.45) is 5.92 Å². The summed E-state index contributed by atoms with van der Waals surface area (Å²) in [5.41, 5.74) is 2.77. The summed E-state index contributed by atoms with van der Waals surface area (Å²) in [5.74, 6) is 1.74. The molecule has 1 nitrogen and oxygen atoms in total. The lowest BCUT2D eigenvalue weighted by Crippen LogP contribution is -2.06. The molecule has 1 aliphatic carbocycles. The summed E-state index contributed by atoms with van der Waals surface area (Å²) in [7, 11) is 1.76. The molecule has 0 atom stereocenters. The molecule has 0 heterocycles. The van der Waals surface area contributed by atoms with Crippen molar-refractivity contribution in [1.29, 1.82) is 0 Å². The maximum absolute atomic E-state index is 5.39. The summed E-state index contributed by atoms with van der Waals surface area (Å²) in [6.45, 7) is 6.58. The molecule has 0 aliphatic heterocycles. The van der Waals surface area contributed by atoms with Gasteiger partial charge in [-0.2, -0.15) is 0 Å². The maximum atomic E-state index is 5.39. The fraction of sp³-hybridized carbons (Fsp3) is 0.636. The van der Waals surface area contributed by atoms with Gasteiger partial charge in [0.05, 0.1) is 7.11 Å². The first-order chi connectivity index (χ1) is 5.66. The Morgan fingerprint density at radius 1 is 1.42 bits per heavy atom. The zero-order chi connectivity index (χ0) is 9.14. The van der Waals surface area contributed by atoms with Crippen LogP contribution in [0.3, 0.4) is 0 Å². The Kier molecular flexibility index (Phi) is 2.96. The van der Waals surface area contributed by atoms with Crippen molar-refractivity contribution < 1.29 is 4.74 Å². The molecule has 0 N–H and O–H groups in total. The largest absolute Gasteiger partial charge is 0.497 e. The molecule has 0 radical (unpaired) electrons. The number of methoxy groups -OCH3 is 1. The molecule has 0 bridgehead atoms. The van der Waals surface area contributed by atoms with E-state index in [0.717, 1.165) is 12.2 Å². The Hall–Kier alpha value is -0.720. The van der Waals surface area contributed by atoms with Crippen LogP contribution in [0.15, 0.2) is 23.0 Å². The Bertz CT molecular complexity index is 221. The average Bonchev–Trinajstić information content (AvgIpc) is 2.03. The number of allylic oxidation sites excluding steroid dienone is 3. The summed E-state index contributed by atoms with van der Waals surface area (Å²) in [4.78, 5) is 0. The molecular formula is C11H18O. The Balaban J connectivity index is 2.96. The van der Waals surface area contributed by atoms with E-state index in [0.29, 0.717) is 5.92 Å². The predicted molar refractivity (Wildman–Crippen MR) is 51.9 cm³/mol. The minimum atomic E-state index is 0.614. The number of rotatable bonds is 2. The highest BCUT2D eigenvalue weighted by atomic mass is 16.5. The van der Waals surface area contributed by atoms with E-state index < -0.39 is 0 Å². The second-order valence-electron chi connectivity index (χ2n) is 3.64. The zero-order valence-corrected chi connectivity index (χ0v) is 8.48. The Labute approximate surface area is 75.1 Å². The van der Waals surface area contributed by atoms with Crippen molar-refractivity contribution >= 4 is 0 Å². The van der Waals surface area contributed by atoms with Gasteiger partial charge in [0, 0.05) is 0 Å². The fourth-order valence-electron chi connectivity index (χ4n) is 1.75. The van der Waals surface area contributed by atoms with Crippen LogP contribution >= 0.6 is 0 Å². The molecule has 0 aromatic carbocycles. The molecule has 0 spiro atoms. The molecule has 0 saturated carbocycles.